The highest BCUT2D eigenvalue weighted by Crippen LogP contribution is 2.38. The summed E-state index contributed by atoms with van der Waals surface area (Å²) in [7, 11) is 1.77. The molecule has 0 unspecified atom stereocenters. The maximum absolute atomic E-state index is 5.71. The molecule has 3 rings (SSSR count). The highest BCUT2D eigenvalue weighted by atomic mass is 35.5. The Balaban J connectivity index is 0.00000156. The molecule has 1 N–H and O–H groups in total. The third kappa shape index (κ3) is 5.11. The van der Waals surface area contributed by atoms with E-state index >= 15 is 0 Å². The molecule has 0 radical (unpaired) electrons. The maximum atomic E-state index is 5.71. The molecule has 6 heteroatoms. The van der Waals surface area contributed by atoms with Gasteiger partial charge in [-0.25, -0.2) is 0 Å². The van der Waals surface area contributed by atoms with Crippen molar-refractivity contribution in [3.63, 3.8) is 0 Å². The van der Waals surface area contributed by atoms with E-state index < -0.39 is 0 Å². The molecule has 0 bridgehead atoms. The van der Waals surface area contributed by atoms with Gasteiger partial charge in [-0.1, -0.05) is 26.0 Å². The first-order valence-electron chi connectivity index (χ1n) is 8.36. The van der Waals surface area contributed by atoms with Crippen LogP contribution in [-0.2, 0) is 0 Å². The van der Waals surface area contributed by atoms with E-state index in [0.29, 0.717) is 5.92 Å². The van der Waals surface area contributed by atoms with Gasteiger partial charge < -0.3 is 10.1 Å². The van der Waals surface area contributed by atoms with Gasteiger partial charge in [-0.15, -0.1) is 36.2 Å². The van der Waals surface area contributed by atoms with Gasteiger partial charge in [0.1, 0.15) is 5.75 Å². The van der Waals surface area contributed by atoms with Crippen molar-refractivity contribution in [3.8, 4) is 5.75 Å². The van der Waals surface area contributed by atoms with Crippen LogP contribution in [0.3, 0.4) is 0 Å². The Labute approximate surface area is 167 Å². The minimum atomic E-state index is 0. The molecule has 1 atom stereocenters. The summed E-state index contributed by atoms with van der Waals surface area (Å²) >= 11 is 1.84. The smallest absolute Gasteiger partial charge is 0.124 e. The number of ether oxygens (including phenoxy) is 1. The quantitative estimate of drug-likeness (QED) is 0.782. The van der Waals surface area contributed by atoms with Crippen LogP contribution in [0.5, 0.6) is 5.75 Å². The fraction of sp³-hybridized carbons (Fsp3) is 0.474. The van der Waals surface area contributed by atoms with Crippen molar-refractivity contribution in [2.75, 3.05) is 33.3 Å². The second-order valence-electron chi connectivity index (χ2n) is 6.36. The van der Waals surface area contributed by atoms with E-state index in [2.05, 4.69) is 59.8 Å². The topological polar surface area (TPSA) is 24.5 Å². The molecule has 0 saturated carbocycles. The van der Waals surface area contributed by atoms with Gasteiger partial charge in [-0.05, 0) is 35.1 Å². The van der Waals surface area contributed by atoms with Gasteiger partial charge >= 0.3 is 0 Å². The van der Waals surface area contributed by atoms with Crippen LogP contribution in [0.15, 0.2) is 35.7 Å². The highest BCUT2D eigenvalue weighted by Gasteiger charge is 2.27. The van der Waals surface area contributed by atoms with E-state index in [0.717, 1.165) is 31.9 Å². The molecule has 2 heterocycles. The molecule has 1 aromatic heterocycles. The van der Waals surface area contributed by atoms with E-state index in [-0.39, 0.29) is 30.9 Å². The predicted molar refractivity (Wildman–Crippen MR) is 112 cm³/mol. The summed E-state index contributed by atoms with van der Waals surface area (Å²) in [6.45, 7) is 8.73. The lowest BCUT2D eigenvalue weighted by Gasteiger charge is -2.35. The standard InChI is InChI=1S/C19H26N2OS.2ClH/c1-14(2)15-6-7-17(22-3)16(13-15)19(18-5-4-12-23-18)21-10-8-20-9-11-21;;/h4-7,12-14,19-20H,8-11H2,1-3H3;2*1H/t19-;;/m0../s1. The molecule has 1 fully saturated rings. The highest BCUT2D eigenvalue weighted by molar-refractivity contribution is 7.10. The first kappa shape index (κ1) is 22.3. The Morgan fingerprint density at radius 2 is 1.84 bits per heavy atom. The zero-order valence-corrected chi connectivity index (χ0v) is 17.5. The second-order valence-corrected chi connectivity index (χ2v) is 7.34. The number of hydrogen-bond donors (Lipinski definition) is 1. The molecule has 0 aliphatic carbocycles. The fourth-order valence-electron chi connectivity index (χ4n) is 3.24. The van der Waals surface area contributed by atoms with Crippen LogP contribution in [0.4, 0.5) is 0 Å². The largest absolute Gasteiger partial charge is 0.496 e. The third-order valence-electron chi connectivity index (χ3n) is 4.54. The number of hydrogen-bond acceptors (Lipinski definition) is 4. The van der Waals surface area contributed by atoms with Gasteiger partial charge in [0.15, 0.2) is 0 Å². The van der Waals surface area contributed by atoms with Gasteiger partial charge in [0, 0.05) is 36.6 Å². The van der Waals surface area contributed by atoms with E-state index in [1.807, 2.05) is 11.3 Å². The molecule has 1 saturated heterocycles. The molecule has 0 spiro atoms. The van der Waals surface area contributed by atoms with Crippen LogP contribution in [-0.4, -0.2) is 38.2 Å². The molecular formula is C19H28Cl2N2OS. The summed E-state index contributed by atoms with van der Waals surface area (Å²) in [5.74, 6) is 1.51. The first-order chi connectivity index (χ1) is 11.2. The van der Waals surface area contributed by atoms with E-state index in [1.54, 1.807) is 7.11 Å². The van der Waals surface area contributed by atoms with Crippen molar-refractivity contribution in [1.82, 2.24) is 10.2 Å². The molecule has 0 amide bonds. The van der Waals surface area contributed by atoms with Crippen molar-refractivity contribution in [1.29, 1.82) is 0 Å². The van der Waals surface area contributed by atoms with Gasteiger partial charge in [0.2, 0.25) is 0 Å². The molecule has 25 heavy (non-hydrogen) atoms. The summed E-state index contributed by atoms with van der Waals surface area (Å²) in [6.07, 6.45) is 0. The third-order valence-corrected chi connectivity index (χ3v) is 5.47. The number of halogens is 2. The maximum Gasteiger partial charge on any atom is 0.124 e. The van der Waals surface area contributed by atoms with Gasteiger partial charge in [0.25, 0.3) is 0 Å². The second kappa shape index (κ2) is 10.4. The molecule has 3 nitrogen and oxygen atoms in total. The Kier molecular flexibility index (Phi) is 9.25. The summed E-state index contributed by atoms with van der Waals surface area (Å²) in [4.78, 5) is 3.97. The van der Waals surface area contributed by atoms with Gasteiger partial charge in [0.05, 0.1) is 13.2 Å². The van der Waals surface area contributed by atoms with E-state index in [9.17, 15) is 0 Å². The average molecular weight is 403 g/mol. The molecule has 1 aromatic carbocycles. The van der Waals surface area contributed by atoms with Crippen molar-refractivity contribution >= 4 is 36.2 Å². The van der Waals surface area contributed by atoms with Crippen LogP contribution in [0.1, 0.15) is 41.8 Å². The molecule has 2 aromatic rings. The van der Waals surface area contributed by atoms with Crippen LogP contribution in [0, 0.1) is 0 Å². The number of nitrogens with one attached hydrogen (secondary N) is 1. The number of benzene rings is 1. The van der Waals surface area contributed by atoms with E-state index in [4.69, 9.17) is 4.74 Å². The normalized spacial score (nSPS) is 16.0. The van der Waals surface area contributed by atoms with Crippen LogP contribution in [0.25, 0.3) is 0 Å². The Hall–Kier alpha value is -0.780. The Bertz CT molecular complexity index is 628. The SMILES string of the molecule is COc1ccc(C(C)C)cc1[C@@H](c1cccs1)N1CCNCC1.Cl.Cl. The minimum absolute atomic E-state index is 0. The van der Waals surface area contributed by atoms with Crippen molar-refractivity contribution < 1.29 is 4.74 Å². The van der Waals surface area contributed by atoms with Gasteiger partial charge in [-0.2, -0.15) is 0 Å². The Morgan fingerprint density at radius 3 is 2.40 bits per heavy atom. The summed E-state index contributed by atoms with van der Waals surface area (Å²) in [5.41, 5.74) is 2.67. The van der Waals surface area contributed by atoms with Gasteiger partial charge in [-0.3, -0.25) is 4.90 Å². The number of piperazine rings is 1. The fourth-order valence-corrected chi connectivity index (χ4v) is 4.12. The van der Waals surface area contributed by atoms with Crippen LogP contribution < -0.4 is 10.1 Å². The number of methoxy groups -OCH3 is 1. The first-order valence-corrected chi connectivity index (χ1v) is 9.24. The monoisotopic (exact) mass is 402 g/mol. The van der Waals surface area contributed by atoms with Crippen molar-refractivity contribution in [2.24, 2.45) is 0 Å². The zero-order chi connectivity index (χ0) is 16.2. The number of rotatable bonds is 5. The van der Waals surface area contributed by atoms with Crippen LogP contribution >= 0.6 is 36.2 Å². The predicted octanol–water partition coefficient (Wildman–Crippen LogP) is 4.72. The van der Waals surface area contributed by atoms with Crippen LogP contribution in [0.2, 0.25) is 0 Å². The molecular weight excluding hydrogens is 375 g/mol. The zero-order valence-electron chi connectivity index (χ0n) is 15.0. The lowest BCUT2D eigenvalue weighted by Crippen LogP contribution is -2.45. The van der Waals surface area contributed by atoms with E-state index in [1.165, 1.54) is 16.0 Å². The average Bonchev–Trinajstić information content (AvgIpc) is 3.10. The number of thiophene rings is 1. The summed E-state index contributed by atoms with van der Waals surface area (Å²) in [5, 5.41) is 5.62. The van der Waals surface area contributed by atoms with Crippen molar-refractivity contribution in [3.05, 3.63) is 51.7 Å². The molecule has 1 aliphatic heterocycles. The summed E-state index contributed by atoms with van der Waals surface area (Å²) < 4.78 is 5.71. The molecule has 1 aliphatic rings. The summed E-state index contributed by atoms with van der Waals surface area (Å²) in [6, 6.07) is 11.3. The van der Waals surface area contributed by atoms with Crippen molar-refractivity contribution in [2.45, 2.75) is 25.8 Å². The Morgan fingerprint density at radius 1 is 1.12 bits per heavy atom. The lowest BCUT2D eigenvalue weighted by molar-refractivity contribution is 0.197. The lowest BCUT2D eigenvalue weighted by atomic mass is 9.95. The molecule has 140 valence electrons. The minimum Gasteiger partial charge on any atom is -0.496 e. The number of nitrogens with zero attached hydrogens (tertiary/aromatic N) is 1.